The lowest BCUT2D eigenvalue weighted by Crippen LogP contribution is -2.27. The number of hydrogen-bond donors (Lipinski definition) is 1. The van der Waals surface area contributed by atoms with E-state index >= 15 is 0 Å². The minimum Gasteiger partial charge on any atom is -0.494 e. The lowest BCUT2D eigenvalue weighted by molar-refractivity contribution is 0.313. The first-order valence-electron chi connectivity index (χ1n) is 11.5. The molecule has 0 amide bonds. The fraction of sp³-hybridized carbons (Fsp3) is 0.179. The van der Waals surface area contributed by atoms with Gasteiger partial charge in [-0.05, 0) is 60.6 Å². The van der Waals surface area contributed by atoms with Gasteiger partial charge in [-0.2, -0.15) is 0 Å². The molecule has 0 spiro atoms. The number of nitrogens with zero attached hydrogens (tertiary/aromatic N) is 3. The van der Waals surface area contributed by atoms with Crippen LogP contribution in [0.15, 0.2) is 94.7 Å². The molecule has 7 heteroatoms. The Balaban J connectivity index is 1.58. The highest BCUT2D eigenvalue weighted by Crippen LogP contribution is 2.21. The van der Waals surface area contributed by atoms with Crippen molar-refractivity contribution in [3.05, 3.63) is 111 Å². The predicted molar refractivity (Wildman–Crippen MR) is 142 cm³/mol. The molecular formula is C28H27N3O3S. The molecule has 0 aliphatic heterocycles. The topological polar surface area (TPSA) is 68.8 Å². The Hall–Kier alpha value is -3.97. The van der Waals surface area contributed by atoms with Crippen LogP contribution in [-0.2, 0) is 6.42 Å². The minimum absolute atomic E-state index is 0.0716. The first-order valence-corrected chi connectivity index (χ1v) is 11.9. The van der Waals surface area contributed by atoms with Gasteiger partial charge in [-0.3, -0.25) is 18.9 Å². The van der Waals surface area contributed by atoms with Crippen molar-refractivity contribution in [2.24, 2.45) is 4.99 Å². The number of aromatic hydroxyl groups is 1. The standard InChI is InChI=1S/C28H27N3O3S/c1-2-21-14-16-24(17-15-21)34-19-9-18-29-20-25-26(32)30(22-10-5-3-6-11-22)28(35)31(27(25)33)23-12-7-4-8-13-23/h3-8,10-17,20,32H,2,9,18-19H2,1H3. The molecule has 0 bridgehead atoms. The molecule has 178 valence electrons. The Labute approximate surface area is 209 Å². The third-order valence-electron chi connectivity index (χ3n) is 5.55. The molecule has 1 heterocycles. The Kier molecular flexibility index (Phi) is 7.90. The Bertz CT molecular complexity index is 1410. The van der Waals surface area contributed by atoms with Crippen LogP contribution in [0.1, 0.15) is 24.5 Å². The van der Waals surface area contributed by atoms with E-state index in [-0.39, 0.29) is 16.2 Å². The quantitative estimate of drug-likeness (QED) is 0.193. The summed E-state index contributed by atoms with van der Waals surface area (Å²) in [5.41, 5.74) is 2.17. The van der Waals surface area contributed by atoms with Crippen molar-refractivity contribution < 1.29 is 9.84 Å². The zero-order valence-electron chi connectivity index (χ0n) is 19.5. The highest BCUT2D eigenvalue weighted by molar-refractivity contribution is 7.71. The number of aromatic nitrogens is 2. The van der Waals surface area contributed by atoms with Crippen molar-refractivity contribution in [2.45, 2.75) is 19.8 Å². The van der Waals surface area contributed by atoms with E-state index in [1.54, 1.807) is 12.1 Å². The maximum atomic E-state index is 13.4. The summed E-state index contributed by atoms with van der Waals surface area (Å²) in [5.74, 6) is 0.578. The number of para-hydroxylation sites is 2. The summed E-state index contributed by atoms with van der Waals surface area (Å²) in [4.78, 5) is 17.8. The van der Waals surface area contributed by atoms with E-state index < -0.39 is 5.56 Å². The second-order valence-corrected chi connectivity index (χ2v) is 8.27. The third kappa shape index (κ3) is 5.58. The molecule has 0 unspecified atom stereocenters. The number of hydrogen-bond acceptors (Lipinski definition) is 5. The van der Waals surface area contributed by atoms with Crippen LogP contribution in [0.3, 0.4) is 0 Å². The van der Waals surface area contributed by atoms with E-state index in [0.717, 1.165) is 12.2 Å². The molecule has 0 saturated carbocycles. The zero-order chi connectivity index (χ0) is 24.6. The van der Waals surface area contributed by atoms with Crippen LogP contribution in [0.2, 0.25) is 0 Å². The van der Waals surface area contributed by atoms with Crippen LogP contribution >= 0.6 is 12.2 Å². The number of rotatable bonds is 9. The minimum atomic E-state index is -0.429. The van der Waals surface area contributed by atoms with Gasteiger partial charge in [0.25, 0.3) is 5.56 Å². The van der Waals surface area contributed by atoms with Crippen LogP contribution in [0.5, 0.6) is 11.6 Å². The monoisotopic (exact) mass is 485 g/mol. The molecule has 6 nitrogen and oxygen atoms in total. The van der Waals surface area contributed by atoms with Gasteiger partial charge in [-0.25, -0.2) is 0 Å². The van der Waals surface area contributed by atoms with Gasteiger partial charge in [0.1, 0.15) is 11.3 Å². The second kappa shape index (κ2) is 11.4. The number of benzene rings is 3. The maximum Gasteiger partial charge on any atom is 0.271 e. The van der Waals surface area contributed by atoms with Gasteiger partial charge < -0.3 is 9.84 Å². The van der Waals surface area contributed by atoms with Gasteiger partial charge in [0.05, 0.1) is 18.0 Å². The van der Waals surface area contributed by atoms with Crippen LogP contribution in [-0.4, -0.2) is 33.6 Å². The molecule has 1 N–H and O–H groups in total. The van der Waals surface area contributed by atoms with E-state index in [2.05, 4.69) is 24.0 Å². The van der Waals surface area contributed by atoms with Gasteiger partial charge in [-0.1, -0.05) is 55.5 Å². The molecule has 0 saturated heterocycles. The van der Waals surface area contributed by atoms with E-state index in [0.29, 0.717) is 30.9 Å². The Morgan fingerprint density at radius 2 is 1.51 bits per heavy atom. The normalized spacial score (nSPS) is 11.1. The van der Waals surface area contributed by atoms with Crippen LogP contribution < -0.4 is 10.3 Å². The number of ether oxygens (including phenoxy) is 1. The average Bonchev–Trinajstić information content (AvgIpc) is 2.89. The van der Waals surface area contributed by atoms with Gasteiger partial charge >= 0.3 is 0 Å². The summed E-state index contributed by atoms with van der Waals surface area (Å²) in [5, 5.41) is 11.0. The van der Waals surface area contributed by atoms with E-state index in [4.69, 9.17) is 17.0 Å². The first-order chi connectivity index (χ1) is 17.1. The van der Waals surface area contributed by atoms with Crippen molar-refractivity contribution >= 4 is 18.4 Å². The van der Waals surface area contributed by atoms with Crippen molar-refractivity contribution in [2.75, 3.05) is 13.2 Å². The molecular weight excluding hydrogens is 458 g/mol. The molecule has 1 aromatic heterocycles. The van der Waals surface area contributed by atoms with E-state index in [1.165, 1.54) is 20.9 Å². The fourth-order valence-electron chi connectivity index (χ4n) is 3.66. The lowest BCUT2D eigenvalue weighted by Gasteiger charge is -2.16. The molecule has 0 fully saturated rings. The highest BCUT2D eigenvalue weighted by Gasteiger charge is 2.17. The summed E-state index contributed by atoms with van der Waals surface area (Å²) in [6.45, 7) is 3.06. The van der Waals surface area contributed by atoms with Crippen LogP contribution in [0.25, 0.3) is 11.4 Å². The SMILES string of the molecule is CCc1ccc(OCCCN=Cc2c(O)n(-c3ccccc3)c(=S)n(-c3ccccc3)c2=O)cc1. The van der Waals surface area contributed by atoms with Crippen molar-refractivity contribution in [3.63, 3.8) is 0 Å². The smallest absolute Gasteiger partial charge is 0.271 e. The largest absolute Gasteiger partial charge is 0.494 e. The van der Waals surface area contributed by atoms with Gasteiger partial charge in [0, 0.05) is 19.2 Å². The predicted octanol–water partition coefficient (Wildman–Crippen LogP) is 5.51. The van der Waals surface area contributed by atoms with Gasteiger partial charge in [-0.15, -0.1) is 0 Å². The van der Waals surface area contributed by atoms with E-state index in [1.807, 2.05) is 60.7 Å². The maximum absolute atomic E-state index is 13.4. The molecule has 35 heavy (non-hydrogen) atoms. The molecule has 3 aromatic carbocycles. The van der Waals surface area contributed by atoms with Crippen molar-refractivity contribution in [3.8, 4) is 23.0 Å². The Morgan fingerprint density at radius 1 is 0.914 bits per heavy atom. The summed E-state index contributed by atoms with van der Waals surface area (Å²) in [6, 6.07) is 26.4. The number of aryl methyl sites for hydroxylation is 1. The second-order valence-electron chi connectivity index (χ2n) is 7.90. The van der Waals surface area contributed by atoms with Crippen molar-refractivity contribution in [1.29, 1.82) is 0 Å². The summed E-state index contributed by atoms with van der Waals surface area (Å²) >= 11 is 5.63. The third-order valence-corrected chi connectivity index (χ3v) is 5.91. The summed E-state index contributed by atoms with van der Waals surface area (Å²) in [7, 11) is 0. The van der Waals surface area contributed by atoms with Crippen LogP contribution in [0, 0.1) is 4.77 Å². The number of aliphatic imine (C=N–C) groups is 1. The molecule has 0 radical (unpaired) electrons. The van der Waals surface area contributed by atoms with Gasteiger partial charge in [0.2, 0.25) is 5.88 Å². The highest BCUT2D eigenvalue weighted by atomic mass is 32.1. The van der Waals surface area contributed by atoms with Crippen molar-refractivity contribution in [1.82, 2.24) is 9.13 Å². The molecule has 0 aliphatic rings. The Morgan fingerprint density at radius 3 is 2.11 bits per heavy atom. The first kappa shape index (κ1) is 24.2. The zero-order valence-corrected chi connectivity index (χ0v) is 20.3. The molecule has 0 aliphatic carbocycles. The van der Waals surface area contributed by atoms with Gasteiger partial charge in [0.15, 0.2) is 4.77 Å². The lowest BCUT2D eigenvalue weighted by atomic mass is 10.2. The summed E-state index contributed by atoms with van der Waals surface area (Å²) in [6.07, 6.45) is 3.07. The molecule has 0 atom stereocenters. The summed E-state index contributed by atoms with van der Waals surface area (Å²) < 4.78 is 8.83. The molecule has 4 aromatic rings. The average molecular weight is 486 g/mol. The van der Waals surface area contributed by atoms with E-state index in [9.17, 15) is 9.90 Å². The fourth-order valence-corrected chi connectivity index (χ4v) is 4.04. The van der Waals surface area contributed by atoms with Crippen LogP contribution in [0.4, 0.5) is 0 Å². The molecule has 4 rings (SSSR count).